The number of benzene rings is 4. The number of hydrogen-bond donors (Lipinski definition) is 0. The normalized spacial score (nSPS) is 15.5. The van der Waals surface area contributed by atoms with Crippen molar-refractivity contribution in [3.05, 3.63) is 142 Å². The van der Waals surface area contributed by atoms with E-state index in [4.69, 9.17) is 9.47 Å². The first-order chi connectivity index (χ1) is 17.6. The van der Waals surface area contributed by atoms with Crippen molar-refractivity contribution in [1.82, 2.24) is 0 Å². The van der Waals surface area contributed by atoms with Crippen LogP contribution < -0.4 is 4.90 Å². The van der Waals surface area contributed by atoms with Crippen LogP contribution in [0.5, 0.6) is 0 Å². The third kappa shape index (κ3) is 4.44. The third-order valence-electron chi connectivity index (χ3n) is 6.25. The van der Waals surface area contributed by atoms with Crippen LogP contribution in [-0.4, -0.2) is 30.3 Å². The van der Waals surface area contributed by atoms with Gasteiger partial charge in [-0.3, -0.25) is 15.0 Å². The number of nitro benzene ring substituents is 1. The SMILES string of the molecule is O=C1O[C@H](COC(c2ccccc2)(c2ccccc2)c2ccccc2)CN1c1cccc([N+](=O)[O-])c1. The molecule has 4 aromatic carbocycles. The smallest absolute Gasteiger partial charge is 0.414 e. The first-order valence-corrected chi connectivity index (χ1v) is 11.6. The van der Waals surface area contributed by atoms with Crippen molar-refractivity contribution in [2.45, 2.75) is 11.7 Å². The van der Waals surface area contributed by atoms with E-state index in [2.05, 4.69) is 0 Å². The molecule has 1 fully saturated rings. The van der Waals surface area contributed by atoms with Gasteiger partial charge in [0.25, 0.3) is 5.69 Å². The number of carbonyl (C=O) groups excluding carboxylic acids is 1. The Morgan fingerprint density at radius 3 is 1.86 bits per heavy atom. The molecule has 180 valence electrons. The first-order valence-electron chi connectivity index (χ1n) is 11.6. The molecule has 7 heteroatoms. The van der Waals surface area contributed by atoms with Crippen molar-refractivity contribution in [2.24, 2.45) is 0 Å². The van der Waals surface area contributed by atoms with Crippen molar-refractivity contribution in [1.29, 1.82) is 0 Å². The van der Waals surface area contributed by atoms with Crippen molar-refractivity contribution >= 4 is 17.5 Å². The number of anilines is 1. The number of non-ortho nitro benzene ring substituents is 1. The Hall–Kier alpha value is -4.49. The van der Waals surface area contributed by atoms with E-state index in [0.717, 1.165) is 16.7 Å². The van der Waals surface area contributed by atoms with Crippen molar-refractivity contribution in [2.75, 3.05) is 18.1 Å². The predicted molar refractivity (Wildman–Crippen MR) is 136 cm³/mol. The molecule has 0 radical (unpaired) electrons. The Balaban J connectivity index is 1.47. The van der Waals surface area contributed by atoms with Crippen LogP contribution in [-0.2, 0) is 15.1 Å². The van der Waals surface area contributed by atoms with Gasteiger partial charge in [-0.15, -0.1) is 0 Å². The van der Waals surface area contributed by atoms with Gasteiger partial charge in [-0.2, -0.15) is 0 Å². The molecular weight excluding hydrogens is 456 g/mol. The summed E-state index contributed by atoms with van der Waals surface area (Å²) in [6, 6.07) is 35.8. The third-order valence-corrected chi connectivity index (χ3v) is 6.25. The molecule has 4 aromatic rings. The number of rotatable bonds is 8. The molecule has 0 saturated carbocycles. The van der Waals surface area contributed by atoms with Crippen LogP contribution in [0.25, 0.3) is 0 Å². The van der Waals surface area contributed by atoms with Crippen LogP contribution in [0.1, 0.15) is 16.7 Å². The lowest BCUT2D eigenvalue weighted by atomic mass is 9.80. The summed E-state index contributed by atoms with van der Waals surface area (Å²) in [5, 5.41) is 11.2. The first kappa shape index (κ1) is 23.3. The highest BCUT2D eigenvalue weighted by Gasteiger charge is 2.40. The van der Waals surface area contributed by atoms with E-state index in [-0.39, 0.29) is 18.8 Å². The maximum absolute atomic E-state index is 12.7. The minimum Gasteiger partial charge on any atom is -0.441 e. The second kappa shape index (κ2) is 10.0. The number of nitrogens with zero attached hydrogens (tertiary/aromatic N) is 2. The van der Waals surface area contributed by atoms with Crippen LogP contribution in [0.4, 0.5) is 16.2 Å². The fraction of sp³-hybridized carbons (Fsp3) is 0.138. The number of carbonyl (C=O) groups is 1. The van der Waals surface area contributed by atoms with Gasteiger partial charge < -0.3 is 9.47 Å². The van der Waals surface area contributed by atoms with E-state index in [9.17, 15) is 14.9 Å². The standard InChI is InChI=1S/C29H24N2O5/c32-28-30(25-17-10-18-26(19-25)31(33)34)20-27(36-28)21-35-29(22-11-4-1-5-12-22,23-13-6-2-7-14-23)24-15-8-3-9-16-24/h1-19,27H,20-21H2/t27-/m0/s1. The van der Waals surface area contributed by atoms with E-state index in [1.807, 2.05) is 91.0 Å². The van der Waals surface area contributed by atoms with E-state index in [1.54, 1.807) is 12.1 Å². The molecule has 1 saturated heterocycles. The molecule has 1 amide bonds. The number of amides is 1. The molecule has 1 atom stereocenters. The average molecular weight is 481 g/mol. The molecule has 0 unspecified atom stereocenters. The number of hydrogen-bond acceptors (Lipinski definition) is 5. The minimum absolute atomic E-state index is 0.0868. The Morgan fingerprint density at radius 2 is 1.36 bits per heavy atom. The molecule has 0 bridgehead atoms. The van der Waals surface area contributed by atoms with Gasteiger partial charge >= 0.3 is 6.09 Å². The van der Waals surface area contributed by atoms with Gasteiger partial charge in [-0.05, 0) is 22.8 Å². The summed E-state index contributed by atoms with van der Waals surface area (Å²) in [6.07, 6.45) is -1.12. The molecule has 0 aliphatic carbocycles. The average Bonchev–Trinajstić information content (AvgIpc) is 3.31. The van der Waals surface area contributed by atoms with Crippen LogP contribution in [0.3, 0.4) is 0 Å². The monoisotopic (exact) mass is 480 g/mol. The van der Waals surface area contributed by atoms with Gasteiger partial charge in [-0.25, -0.2) is 4.79 Å². The summed E-state index contributed by atoms with van der Waals surface area (Å²) >= 11 is 0. The number of cyclic esters (lactones) is 1. The Morgan fingerprint density at radius 1 is 0.833 bits per heavy atom. The molecule has 1 aliphatic rings. The fourth-order valence-corrected chi connectivity index (χ4v) is 4.58. The lowest BCUT2D eigenvalue weighted by Crippen LogP contribution is -2.36. The molecule has 5 rings (SSSR count). The second-order valence-electron chi connectivity index (χ2n) is 8.48. The van der Waals surface area contributed by atoms with Crippen molar-refractivity contribution in [3.63, 3.8) is 0 Å². The van der Waals surface area contributed by atoms with E-state index < -0.39 is 22.7 Å². The number of ether oxygens (including phenoxy) is 2. The lowest BCUT2D eigenvalue weighted by Gasteiger charge is -2.36. The summed E-state index contributed by atoms with van der Waals surface area (Å²) in [4.78, 5) is 24.8. The highest BCUT2D eigenvalue weighted by molar-refractivity contribution is 5.90. The highest BCUT2D eigenvalue weighted by atomic mass is 16.6. The summed E-state index contributed by atoms with van der Waals surface area (Å²) in [6.45, 7) is 0.338. The Bertz CT molecular complexity index is 1250. The van der Waals surface area contributed by atoms with Gasteiger partial charge in [0.2, 0.25) is 0 Å². The van der Waals surface area contributed by atoms with E-state index in [1.165, 1.54) is 17.0 Å². The maximum atomic E-state index is 12.7. The second-order valence-corrected chi connectivity index (χ2v) is 8.48. The molecule has 0 N–H and O–H groups in total. The van der Waals surface area contributed by atoms with Crippen LogP contribution in [0.15, 0.2) is 115 Å². The van der Waals surface area contributed by atoms with Gasteiger partial charge in [0, 0.05) is 12.1 Å². The lowest BCUT2D eigenvalue weighted by molar-refractivity contribution is -0.384. The fourth-order valence-electron chi connectivity index (χ4n) is 4.58. The molecule has 1 heterocycles. The summed E-state index contributed by atoms with van der Waals surface area (Å²) < 4.78 is 12.4. The summed E-state index contributed by atoms with van der Waals surface area (Å²) in [7, 11) is 0. The van der Waals surface area contributed by atoms with Gasteiger partial charge in [0.1, 0.15) is 11.7 Å². The topological polar surface area (TPSA) is 81.9 Å². The summed E-state index contributed by atoms with van der Waals surface area (Å²) in [5.41, 5.74) is 2.23. The zero-order valence-electron chi connectivity index (χ0n) is 19.4. The summed E-state index contributed by atoms with van der Waals surface area (Å²) in [5.74, 6) is 0. The maximum Gasteiger partial charge on any atom is 0.414 e. The van der Waals surface area contributed by atoms with Gasteiger partial charge in [0.15, 0.2) is 0 Å². The Labute approximate surface area is 208 Å². The molecule has 36 heavy (non-hydrogen) atoms. The molecule has 1 aliphatic heterocycles. The Kier molecular flexibility index (Phi) is 6.47. The molecule has 7 nitrogen and oxygen atoms in total. The van der Waals surface area contributed by atoms with Crippen LogP contribution in [0, 0.1) is 10.1 Å². The molecule has 0 spiro atoms. The van der Waals surface area contributed by atoms with E-state index in [0.29, 0.717) is 5.69 Å². The molecular formula is C29H24N2O5. The van der Waals surface area contributed by atoms with Crippen molar-refractivity contribution in [3.8, 4) is 0 Å². The van der Waals surface area contributed by atoms with Crippen LogP contribution >= 0.6 is 0 Å². The highest BCUT2D eigenvalue weighted by Crippen LogP contribution is 2.41. The van der Waals surface area contributed by atoms with Gasteiger partial charge in [-0.1, -0.05) is 97.1 Å². The zero-order valence-corrected chi connectivity index (χ0v) is 19.4. The quantitative estimate of drug-likeness (QED) is 0.177. The van der Waals surface area contributed by atoms with Crippen LogP contribution in [0.2, 0.25) is 0 Å². The number of nitro groups is 1. The molecule has 0 aromatic heterocycles. The zero-order chi connectivity index (χ0) is 25.0. The van der Waals surface area contributed by atoms with Crippen molar-refractivity contribution < 1.29 is 19.2 Å². The minimum atomic E-state index is -0.935. The van der Waals surface area contributed by atoms with Gasteiger partial charge in [0.05, 0.1) is 23.8 Å². The largest absolute Gasteiger partial charge is 0.441 e. The predicted octanol–water partition coefficient (Wildman–Crippen LogP) is 5.93. The van der Waals surface area contributed by atoms with E-state index >= 15 is 0 Å².